The minimum atomic E-state index is -0.552. The molecular formula is C18H27N5O4. The van der Waals surface area contributed by atoms with Gasteiger partial charge in [-0.2, -0.15) is 5.10 Å². The van der Waals surface area contributed by atoms with Crippen LogP contribution in [0.25, 0.3) is 0 Å². The first-order valence-corrected chi connectivity index (χ1v) is 9.50. The van der Waals surface area contributed by atoms with E-state index in [1.165, 1.54) is 0 Å². The standard InChI is InChI=1S/C18H27N5O4/c1-2-3-4-13(10-22(27)12-24)17(26)23-11-18(6-7-18)9-14(23)16(25)20-15-5-8-19-21-15/h5,8,12-14,27H,2-4,6-7,9-11H2,1H3,(H2,19,20,21,25)/t13-,14+/m1/s1. The summed E-state index contributed by atoms with van der Waals surface area (Å²) in [5, 5.41) is 19.4. The Morgan fingerprint density at radius 3 is 2.93 bits per heavy atom. The molecule has 148 valence electrons. The number of anilines is 1. The summed E-state index contributed by atoms with van der Waals surface area (Å²) >= 11 is 0. The van der Waals surface area contributed by atoms with Gasteiger partial charge in [0.25, 0.3) is 0 Å². The summed E-state index contributed by atoms with van der Waals surface area (Å²) in [5.74, 6) is -0.510. The molecule has 3 N–H and O–H groups in total. The van der Waals surface area contributed by atoms with Gasteiger partial charge < -0.3 is 10.2 Å². The van der Waals surface area contributed by atoms with E-state index in [2.05, 4.69) is 15.5 Å². The van der Waals surface area contributed by atoms with E-state index in [0.29, 0.717) is 36.7 Å². The number of carbonyl (C=O) groups is 3. The van der Waals surface area contributed by atoms with E-state index in [-0.39, 0.29) is 23.8 Å². The van der Waals surface area contributed by atoms with Crippen LogP contribution in [0.2, 0.25) is 0 Å². The van der Waals surface area contributed by atoms with Crippen molar-refractivity contribution in [3.05, 3.63) is 12.3 Å². The van der Waals surface area contributed by atoms with E-state index in [1.54, 1.807) is 17.2 Å². The number of hydrogen-bond donors (Lipinski definition) is 3. The van der Waals surface area contributed by atoms with Gasteiger partial charge in [0.2, 0.25) is 18.2 Å². The number of nitrogens with one attached hydrogen (secondary N) is 2. The molecule has 1 aliphatic heterocycles. The first-order valence-electron chi connectivity index (χ1n) is 9.50. The largest absolute Gasteiger partial charge is 0.330 e. The van der Waals surface area contributed by atoms with Crippen molar-refractivity contribution in [1.82, 2.24) is 20.2 Å². The van der Waals surface area contributed by atoms with Gasteiger partial charge in [-0.1, -0.05) is 19.8 Å². The number of carbonyl (C=O) groups excluding carboxylic acids is 3. The summed E-state index contributed by atoms with van der Waals surface area (Å²) in [6, 6.07) is 1.10. The highest BCUT2D eigenvalue weighted by Gasteiger charge is 2.55. The predicted molar refractivity (Wildman–Crippen MR) is 96.6 cm³/mol. The van der Waals surface area contributed by atoms with Crippen molar-refractivity contribution in [3.63, 3.8) is 0 Å². The van der Waals surface area contributed by atoms with E-state index in [1.807, 2.05) is 6.92 Å². The number of aromatic nitrogens is 2. The smallest absolute Gasteiger partial charge is 0.248 e. The molecule has 1 spiro atoms. The summed E-state index contributed by atoms with van der Waals surface area (Å²) in [7, 11) is 0. The van der Waals surface area contributed by atoms with Crippen LogP contribution in [0.3, 0.4) is 0 Å². The number of amides is 3. The lowest BCUT2D eigenvalue weighted by Gasteiger charge is -2.29. The molecule has 2 atom stereocenters. The fraction of sp³-hybridized carbons (Fsp3) is 0.667. The van der Waals surface area contributed by atoms with Gasteiger partial charge in [0.15, 0.2) is 5.82 Å². The Balaban J connectivity index is 1.74. The lowest BCUT2D eigenvalue weighted by atomic mass is 9.99. The third-order valence-corrected chi connectivity index (χ3v) is 5.59. The van der Waals surface area contributed by atoms with Crippen LogP contribution in [-0.4, -0.2) is 62.7 Å². The Hall–Kier alpha value is -2.42. The van der Waals surface area contributed by atoms with Crippen LogP contribution in [0.4, 0.5) is 5.82 Å². The third-order valence-electron chi connectivity index (χ3n) is 5.59. The molecule has 9 nitrogen and oxygen atoms in total. The number of nitrogens with zero attached hydrogens (tertiary/aromatic N) is 3. The summed E-state index contributed by atoms with van der Waals surface area (Å²) in [6.45, 7) is 2.52. The van der Waals surface area contributed by atoms with Crippen molar-refractivity contribution in [2.45, 2.75) is 51.5 Å². The third kappa shape index (κ3) is 4.47. The molecule has 0 bridgehead atoms. The molecule has 0 aromatic carbocycles. The average Bonchev–Trinajstić information content (AvgIpc) is 3.05. The van der Waals surface area contributed by atoms with Gasteiger partial charge in [-0.05, 0) is 31.1 Å². The van der Waals surface area contributed by atoms with Crippen LogP contribution in [-0.2, 0) is 14.4 Å². The second-order valence-corrected chi connectivity index (χ2v) is 7.70. The minimum Gasteiger partial charge on any atom is -0.330 e. The highest BCUT2D eigenvalue weighted by molar-refractivity contribution is 5.97. The molecule has 0 radical (unpaired) electrons. The topological polar surface area (TPSA) is 119 Å². The summed E-state index contributed by atoms with van der Waals surface area (Å²) in [4.78, 5) is 38.4. The van der Waals surface area contributed by atoms with Crippen molar-refractivity contribution >= 4 is 24.0 Å². The number of aromatic amines is 1. The average molecular weight is 377 g/mol. The molecule has 1 aliphatic carbocycles. The van der Waals surface area contributed by atoms with Crippen LogP contribution >= 0.6 is 0 Å². The maximum atomic E-state index is 13.2. The second-order valence-electron chi connectivity index (χ2n) is 7.70. The molecule has 9 heteroatoms. The summed E-state index contributed by atoms with van der Waals surface area (Å²) in [5.41, 5.74) is 0.0438. The zero-order chi connectivity index (χ0) is 19.4. The molecule has 27 heavy (non-hydrogen) atoms. The lowest BCUT2D eigenvalue weighted by Crippen LogP contribution is -2.47. The second kappa shape index (κ2) is 8.08. The van der Waals surface area contributed by atoms with Crippen LogP contribution in [0.1, 0.15) is 45.4 Å². The normalized spacial score (nSPS) is 21.1. The van der Waals surface area contributed by atoms with Gasteiger partial charge in [0, 0.05) is 18.8 Å². The molecule has 2 fully saturated rings. The maximum Gasteiger partial charge on any atom is 0.248 e. The summed E-state index contributed by atoms with van der Waals surface area (Å²) in [6.07, 6.45) is 6.89. The van der Waals surface area contributed by atoms with E-state index < -0.39 is 12.0 Å². The molecular weight excluding hydrogens is 350 g/mol. The predicted octanol–water partition coefficient (Wildman–Crippen LogP) is 1.38. The lowest BCUT2D eigenvalue weighted by molar-refractivity contribution is -0.157. The molecule has 2 aliphatic rings. The van der Waals surface area contributed by atoms with Crippen molar-refractivity contribution in [2.75, 3.05) is 18.4 Å². The number of hydroxylamine groups is 2. The van der Waals surface area contributed by atoms with Crippen LogP contribution in [0, 0.1) is 11.3 Å². The molecule has 3 amide bonds. The molecule has 0 unspecified atom stereocenters. The number of H-pyrrole nitrogens is 1. The van der Waals surface area contributed by atoms with Gasteiger partial charge in [-0.15, -0.1) is 0 Å². The molecule has 1 aromatic rings. The van der Waals surface area contributed by atoms with E-state index in [0.717, 1.165) is 25.7 Å². The number of likely N-dealkylation sites (tertiary alicyclic amines) is 1. The fourth-order valence-electron chi connectivity index (χ4n) is 3.85. The molecule has 1 aromatic heterocycles. The maximum absolute atomic E-state index is 13.2. The first-order chi connectivity index (χ1) is 13.0. The van der Waals surface area contributed by atoms with Gasteiger partial charge in [-0.3, -0.25) is 24.7 Å². The molecule has 3 rings (SSSR count). The van der Waals surface area contributed by atoms with Crippen molar-refractivity contribution in [3.8, 4) is 0 Å². The van der Waals surface area contributed by atoms with Crippen LogP contribution < -0.4 is 5.32 Å². The highest BCUT2D eigenvalue weighted by atomic mass is 16.5. The van der Waals surface area contributed by atoms with E-state index >= 15 is 0 Å². The highest BCUT2D eigenvalue weighted by Crippen LogP contribution is 2.55. The fourth-order valence-corrected chi connectivity index (χ4v) is 3.85. The van der Waals surface area contributed by atoms with E-state index in [9.17, 15) is 19.6 Å². The zero-order valence-electron chi connectivity index (χ0n) is 15.6. The van der Waals surface area contributed by atoms with Crippen molar-refractivity contribution < 1.29 is 19.6 Å². The minimum absolute atomic E-state index is 0.0438. The quantitative estimate of drug-likeness (QED) is 0.341. The van der Waals surface area contributed by atoms with Crippen molar-refractivity contribution in [1.29, 1.82) is 0 Å². The SMILES string of the molecule is CCCC[C@H](CN(O)C=O)C(=O)N1CC2(CC2)C[C@H]1C(=O)Nc1cc[nH]n1. The van der Waals surface area contributed by atoms with Gasteiger partial charge in [0.05, 0.1) is 12.5 Å². The number of hydrogen-bond acceptors (Lipinski definition) is 5. The first kappa shape index (κ1) is 19.3. The van der Waals surface area contributed by atoms with Gasteiger partial charge >= 0.3 is 0 Å². The molecule has 1 saturated heterocycles. The molecule has 2 heterocycles. The number of rotatable bonds is 9. The Kier molecular flexibility index (Phi) is 5.79. The zero-order valence-corrected chi connectivity index (χ0v) is 15.6. The summed E-state index contributed by atoms with van der Waals surface area (Å²) < 4.78 is 0. The number of unbranched alkanes of at least 4 members (excludes halogenated alkanes) is 1. The Morgan fingerprint density at radius 1 is 1.56 bits per heavy atom. The van der Waals surface area contributed by atoms with Gasteiger partial charge in [0.1, 0.15) is 6.04 Å². The molecule has 1 saturated carbocycles. The van der Waals surface area contributed by atoms with E-state index in [4.69, 9.17) is 0 Å². The monoisotopic (exact) mass is 377 g/mol. The van der Waals surface area contributed by atoms with Crippen LogP contribution in [0.5, 0.6) is 0 Å². The Morgan fingerprint density at radius 2 is 2.33 bits per heavy atom. The van der Waals surface area contributed by atoms with Crippen molar-refractivity contribution in [2.24, 2.45) is 11.3 Å². The Labute approximate surface area is 158 Å². The van der Waals surface area contributed by atoms with Crippen LogP contribution in [0.15, 0.2) is 12.3 Å². The Bertz CT molecular complexity index is 673. The van der Waals surface area contributed by atoms with Gasteiger partial charge in [-0.25, -0.2) is 5.06 Å².